The number of alkyl halides is 3. The fourth-order valence-electron chi connectivity index (χ4n) is 1.69. The van der Waals surface area contributed by atoms with Gasteiger partial charge in [-0.2, -0.15) is 18.2 Å². The van der Waals surface area contributed by atoms with Gasteiger partial charge >= 0.3 is 6.18 Å². The Bertz CT molecular complexity index is 487. The second-order valence-electron chi connectivity index (χ2n) is 4.18. The highest BCUT2D eigenvalue weighted by atomic mass is 32.1. The summed E-state index contributed by atoms with van der Waals surface area (Å²) < 4.78 is 38.1. The van der Waals surface area contributed by atoms with Crippen LogP contribution >= 0.6 is 12.2 Å². The topological polar surface area (TPSA) is 24.8 Å². The van der Waals surface area contributed by atoms with Gasteiger partial charge in [0, 0.05) is 13.6 Å². The lowest BCUT2D eigenvalue weighted by Gasteiger charge is -2.18. The molecule has 0 fully saturated rings. The Kier molecular flexibility index (Phi) is 6.29. The van der Waals surface area contributed by atoms with Crippen molar-refractivity contribution in [3.63, 3.8) is 0 Å². The molecule has 0 aliphatic rings. The molecule has 0 saturated heterocycles. The van der Waals surface area contributed by atoms with Crippen LogP contribution in [0.4, 0.5) is 13.2 Å². The van der Waals surface area contributed by atoms with Crippen molar-refractivity contribution in [3.8, 4) is 0 Å². The van der Waals surface area contributed by atoms with Gasteiger partial charge in [0.25, 0.3) is 0 Å². The molecule has 1 atom stereocenters. The number of hydrogen-bond donors (Lipinski definition) is 0. The monoisotopic (exact) mass is 304 g/mol. The number of hydrogen-bond acceptors (Lipinski definition) is 4. The van der Waals surface area contributed by atoms with Gasteiger partial charge in [-0.25, -0.2) is 4.99 Å². The number of halogens is 3. The van der Waals surface area contributed by atoms with Crippen LogP contribution in [-0.2, 0) is 11.0 Å². The number of isothiocyanates is 1. The molecule has 3 nitrogen and oxygen atoms in total. The molecule has 0 bridgehead atoms. The predicted octanol–water partition coefficient (Wildman–Crippen LogP) is 3.73. The van der Waals surface area contributed by atoms with Crippen LogP contribution in [0.25, 0.3) is 0 Å². The molecule has 0 aliphatic heterocycles. The van der Waals surface area contributed by atoms with Gasteiger partial charge in [0.2, 0.25) is 0 Å². The summed E-state index contributed by atoms with van der Waals surface area (Å²) in [5, 5.41) is 3.80. The molecule has 0 spiro atoms. The number of aliphatic imine (C=N–C) groups is 1. The van der Waals surface area contributed by atoms with Crippen molar-refractivity contribution in [1.82, 2.24) is 5.06 Å². The maximum atomic E-state index is 12.7. The minimum Gasteiger partial charge on any atom is -0.303 e. The van der Waals surface area contributed by atoms with Crippen LogP contribution in [0.2, 0.25) is 0 Å². The number of thiocarbonyl (C=S) groups is 1. The van der Waals surface area contributed by atoms with Crippen molar-refractivity contribution in [3.05, 3.63) is 35.4 Å². The van der Waals surface area contributed by atoms with Crippen molar-refractivity contribution >= 4 is 17.4 Å². The van der Waals surface area contributed by atoms with Gasteiger partial charge in [0.05, 0.1) is 23.9 Å². The molecule has 0 aromatic heterocycles. The Morgan fingerprint density at radius 2 is 2.15 bits per heavy atom. The van der Waals surface area contributed by atoms with Crippen LogP contribution in [0.15, 0.2) is 29.3 Å². The van der Waals surface area contributed by atoms with E-state index in [0.29, 0.717) is 18.5 Å². The summed E-state index contributed by atoms with van der Waals surface area (Å²) in [6, 6.07) is 4.62. The summed E-state index contributed by atoms with van der Waals surface area (Å²) in [5.41, 5.74) is -0.235. The van der Waals surface area contributed by atoms with Crippen molar-refractivity contribution in [1.29, 1.82) is 0 Å². The number of nitrogens with zero attached hydrogens (tertiary/aromatic N) is 2. The lowest BCUT2D eigenvalue weighted by atomic mass is 10.0. The highest BCUT2D eigenvalue weighted by Crippen LogP contribution is 2.32. The number of benzene rings is 1. The van der Waals surface area contributed by atoms with Gasteiger partial charge in [0.1, 0.15) is 0 Å². The normalized spacial score (nSPS) is 13.1. The van der Waals surface area contributed by atoms with Crippen LogP contribution in [0.5, 0.6) is 0 Å². The van der Waals surface area contributed by atoms with Crippen LogP contribution in [-0.4, -0.2) is 30.9 Å². The zero-order chi connectivity index (χ0) is 15.2. The van der Waals surface area contributed by atoms with Crippen LogP contribution in [0.3, 0.4) is 0 Å². The summed E-state index contributed by atoms with van der Waals surface area (Å²) >= 11 is 4.56. The summed E-state index contributed by atoms with van der Waals surface area (Å²) in [6.07, 6.45) is -3.89. The minimum absolute atomic E-state index is 0.460. The maximum Gasteiger partial charge on any atom is 0.416 e. The van der Waals surface area contributed by atoms with E-state index in [0.717, 1.165) is 12.1 Å². The quantitative estimate of drug-likeness (QED) is 0.455. The average Bonchev–Trinajstić information content (AvgIpc) is 2.42. The second kappa shape index (κ2) is 7.50. The van der Waals surface area contributed by atoms with Crippen molar-refractivity contribution in [2.45, 2.75) is 18.6 Å². The van der Waals surface area contributed by atoms with E-state index in [4.69, 9.17) is 4.84 Å². The van der Waals surface area contributed by atoms with Crippen molar-refractivity contribution in [2.75, 3.05) is 20.7 Å². The highest BCUT2D eigenvalue weighted by Gasteiger charge is 2.30. The van der Waals surface area contributed by atoms with E-state index < -0.39 is 17.8 Å². The third-order valence-corrected chi connectivity index (χ3v) is 2.94. The Morgan fingerprint density at radius 1 is 1.45 bits per heavy atom. The molecule has 0 saturated carbocycles. The van der Waals surface area contributed by atoms with Gasteiger partial charge in [-0.05, 0) is 36.3 Å². The van der Waals surface area contributed by atoms with Gasteiger partial charge in [0.15, 0.2) is 0 Å². The molecule has 20 heavy (non-hydrogen) atoms. The molecule has 0 N–H and O–H groups in total. The molecule has 0 radical (unpaired) electrons. The first-order chi connectivity index (χ1) is 9.38. The van der Waals surface area contributed by atoms with E-state index >= 15 is 0 Å². The molecule has 0 amide bonds. The Balaban J connectivity index is 2.94. The Morgan fingerprint density at radius 3 is 2.70 bits per heavy atom. The lowest BCUT2D eigenvalue weighted by molar-refractivity contribution is -0.137. The molecular formula is C13H15F3N2OS. The first kappa shape index (κ1) is 16.8. The van der Waals surface area contributed by atoms with E-state index in [-0.39, 0.29) is 0 Å². The molecule has 110 valence electrons. The summed E-state index contributed by atoms with van der Waals surface area (Å²) in [5.74, 6) is 0. The van der Waals surface area contributed by atoms with Gasteiger partial charge < -0.3 is 4.84 Å². The third kappa shape index (κ3) is 5.02. The van der Waals surface area contributed by atoms with Crippen LogP contribution in [0.1, 0.15) is 23.6 Å². The summed E-state index contributed by atoms with van der Waals surface area (Å²) in [4.78, 5) is 8.90. The largest absolute Gasteiger partial charge is 0.416 e. The second-order valence-corrected chi connectivity index (χ2v) is 4.36. The Labute approximate surface area is 121 Å². The van der Waals surface area contributed by atoms with E-state index in [1.54, 1.807) is 18.2 Å². The molecule has 0 aliphatic carbocycles. The first-order valence-corrected chi connectivity index (χ1v) is 6.28. The van der Waals surface area contributed by atoms with Gasteiger partial charge in [-0.15, -0.1) is 0 Å². The van der Waals surface area contributed by atoms with E-state index in [2.05, 4.69) is 22.4 Å². The fraction of sp³-hybridized carbons (Fsp3) is 0.462. The minimum atomic E-state index is -4.37. The molecule has 0 heterocycles. The van der Waals surface area contributed by atoms with Crippen molar-refractivity contribution < 1.29 is 18.0 Å². The predicted molar refractivity (Wildman–Crippen MR) is 73.5 cm³/mol. The summed E-state index contributed by atoms with van der Waals surface area (Å²) in [6.45, 7) is 0.512. The molecule has 1 aromatic rings. The standard InChI is InChI=1S/C13H15F3N2OS/c1-18(19-2)7-6-12(17-9-20)10-4-3-5-11(8-10)13(14,15)16/h3-5,8,12H,6-7H2,1-2H3. The maximum absolute atomic E-state index is 12.7. The van der Waals surface area contributed by atoms with E-state index in [1.165, 1.54) is 13.2 Å². The zero-order valence-electron chi connectivity index (χ0n) is 11.1. The molecule has 1 unspecified atom stereocenters. The fourth-order valence-corrected chi connectivity index (χ4v) is 1.81. The first-order valence-electron chi connectivity index (χ1n) is 5.88. The zero-order valence-corrected chi connectivity index (χ0v) is 12.0. The number of hydroxylamine groups is 2. The van der Waals surface area contributed by atoms with Crippen LogP contribution < -0.4 is 0 Å². The van der Waals surface area contributed by atoms with Crippen molar-refractivity contribution in [2.24, 2.45) is 4.99 Å². The van der Waals surface area contributed by atoms with E-state index in [9.17, 15) is 13.2 Å². The lowest BCUT2D eigenvalue weighted by Crippen LogP contribution is -2.19. The van der Waals surface area contributed by atoms with Crippen LogP contribution in [0, 0.1) is 0 Å². The average molecular weight is 304 g/mol. The summed E-state index contributed by atoms with van der Waals surface area (Å²) in [7, 11) is 3.24. The van der Waals surface area contributed by atoms with E-state index in [1.807, 2.05) is 0 Å². The molecular weight excluding hydrogens is 289 g/mol. The molecule has 1 aromatic carbocycles. The van der Waals surface area contributed by atoms with Gasteiger partial charge in [-0.3, -0.25) is 0 Å². The molecule has 7 heteroatoms. The van der Waals surface area contributed by atoms with Gasteiger partial charge in [-0.1, -0.05) is 12.1 Å². The molecule has 1 rings (SSSR count). The Hall–Kier alpha value is -1.27. The smallest absolute Gasteiger partial charge is 0.303 e. The highest BCUT2D eigenvalue weighted by molar-refractivity contribution is 7.78. The third-order valence-electron chi connectivity index (χ3n) is 2.84. The SMILES string of the molecule is CON(C)CCC(N=C=S)c1cccc(C(F)(F)F)c1. The number of rotatable bonds is 6.